The summed E-state index contributed by atoms with van der Waals surface area (Å²) in [5, 5.41) is 5.07. The lowest BCUT2D eigenvalue weighted by Crippen LogP contribution is -2.17. The number of alkyl halides is 1. The average Bonchev–Trinajstić information content (AvgIpc) is 3.39. The van der Waals surface area contributed by atoms with E-state index in [0.29, 0.717) is 19.4 Å². The van der Waals surface area contributed by atoms with Gasteiger partial charge in [-0.05, 0) is 56.0 Å². The Balaban J connectivity index is 0.000000271. The van der Waals surface area contributed by atoms with Gasteiger partial charge in [-0.2, -0.15) is 0 Å². The summed E-state index contributed by atoms with van der Waals surface area (Å²) in [7, 11) is 6.24. The summed E-state index contributed by atoms with van der Waals surface area (Å²) in [6.45, 7) is 13.1. The molecule has 6 nitrogen and oxygen atoms in total. The van der Waals surface area contributed by atoms with Crippen LogP contribution in [0.5, 0.6) is 0 Å². The van der Waals surface area contributed by atoms with Gasteiger partial charge in [-0.3, -0.25) is 4.98 Å². The first-order valence-electron chi connectivity index (χ1n) is 11.8. The molecule has 5 rings (SSSR count). The van der Waals surface area contributed by atoms with Gasteiger partial charge in [-0.15, -0.1) is 5.10 Å². The Bertz CT molecular complexity index is 1370. The van der Waals surface area contributed by atoms with Crippen molar-refractivity contribution in [2.75, 3.05) is 18.8 Å². The smallest absolute Gasteiger partial charge is 0.238 e. The number of benzene rings is 1. The summed E-state index contributed by atoms with van der Waals surface area (Å²) >= 11 is 0. The first-order chi connectivity index (χ1) is 16.5. The number of pyridine rings is 1. The van der Waals surface area contributed by atoms with Gasteiger partial charge in [0, 0.05) is 42.1 Å². The largest absolute Gasteiger partial charge is 0.372 e. The minimum absolute atomic E-state index is 0.245. The molecule has 3 aromatic heterocycles. The number of likely N-dealkylation sites (tertiary alicyclic amines) is 1. The fraction of sp³-hybridized carbons (Fsp3) is 0.370. The normalized spacial score (nSPS) is 15.9. The van der Waals surface area contributed by atoms with Crippen molar-refractivity contribution in [1.29, 1.82) is 0 Å². The van der Waals surface area contributed by atoms with Crippen molar-refractivity contribution >= 4 is 30.2 Å². The van der Waals surface area contributed by atoms with Gasteiger partial charge in [0.2, 0.25) is 5.95 Å². The van der Waals surface area contributed by atoms with Crippen LogP contribution in [0.2, 0.25) is 5.31 Å². The van der Waals surface area contributed by atoms with E-state index in [9.17, 15) is 4.39 Å². The minimum atomic E-state index is -0.623. The van der Waals surface area contributed by atoms with E-state index in [1.54, 1.807) is 4.52 Å². The second kappa shape index (κ2) is 9.68. The predicted octanol–water partition coefficient (Wildman–Crippen LogP) is 5.31. The zero-order valence-electron chi connectivity index (χ0n) is 20.9. The maximum Gasteiger partial charge on any atom is 0.238 e. The highest BCUT2D eigenvalue weighted by atomic mass is 19.1. The van der Waals surface area contributed by atoms with E-state index < -0.39 is 11.5 Å². The zero-order chi connectivity index (χ0) is 25.3. The van der Waals surface area contributed by atoms with Crippen LogP contribution < -0.4 is 5.73 Å². The Hall–Kier alpha value is -3.42. The highest BCUT2D eigenvalue weighted by Gasteiger charge is 2.21. The molecule has 1 fully saturated rings. The number of nitrogen functional groups attached to an aromatic ring is 1. The van der Waals surface area contributed by atoms with E-state index in [1.807, 2.05) is 50.2 Å². The second-order valence-corrected chi connectivity index (χ2v) is 10.0. The van der Waals surface area contributed by atoms with Crippen molar-refractivity contribution in [3.63, 3.8) is 0 Å². The number of anilines is 1. The lowest BCUT2D eigenvalue weighted by atomic mass is 9.69. The van der Waals surface area contributed by atoms with Crippen LogP contribution >= 0.6 is 0 Å². The molecule has 0 unspecified atom stereocenters. The van der Waals surface area contributed by atoms with Crippen LogP contribution in [0.1, 0.15) is 38.4 Å². The average molecular weight is 470 g/mol. The number of nitrogens with zero attached hydrogens (tertiary/aromatic N) is 5. The summed E-state index contributed by atoms with van der Waals surface area (Å²) in [4.78, 5) is 11.0. The van der Waals surface area contributed by atoms with Gasteiger partial charge in [0.1, 0.15) is 6.17 Å². The lowest BCUT2D eigenvalue weighted by molar-refractivity contribution is 0.325. The Kier molecular flexibility index (Phi) is 6.83. The summed E-state index contributed by atoms with van der Waals surface area (Å²) < 4.78 is 14.2. The molecule has 1 aliphatic heterocycles. The number of hydrogen-bond acceptors (Lipinski definition) is 5. The van der Waals surface area contributed by atoms with Gasteiger partial charge in [-0.25, -0.2) is 13.9 Å². The van der Waals surface area contributed by atoms with E-state index in [4.69, 9.17) is 13.6 Å². The molecule has 1 saturated heterocycles. The monoisotopic (exact) mass is 470 g/mol. The van der Waals surface area contributed by atoms with E-state index >= 15 is 0 Å². The van der Waals surface area contributed by atoms with Crippen LogP contribution in [-0.2, 0) is 6.42 Å². The molecule has 180 valence electrons. The Morgan fingerprint density at radius 2 is 2.06 bits per heavy atom. The van der Waals surface area contributed by atoms with Gasteiger partial charge in [0.25, 0.3) is 0 Å². The Labute approximate surface area is 207 Å². The van der Waals surface area contributed by atoms with Crippen LogP contribution in [0.3, 0.4) is 0 Å². The lowest BCUT2D eigenvalue weighted by Gasteiger charge is -2.19. The topological polar surface area (TPSA) is 72.3 Å². The molecule has 2 N–H and O–H groups in total. The number of allylic oxidation sites excluding steroid dienone is 1. The quantitative estimate of drug-likeness (QED) is 0.410. The third kappa shape index (κ3) is 5.64. The first-order valence-corrected chi connectivity index (χ1v) is 11.8. The minimum Gasteiger partial charge on any atom is -0.372 e. The fourth-order valence-corrected chi connectivity index (χ4v) is 4.43. The number of nitrogens with two attached hydrogens (primary N) is 1. The molecule has 1 aliphatic rings. The summed E-state index contributed by atoms with van der Waals surface area (Å²) in [5.41, 5.74) is 13.0. The second-order valence-electron chi connectivity index (χ2n) is 10.0. The molecule has 0 bridgehead atoms. The predicted molar refractivity (Wildman–Crippen MR) is 142 cm³/mol. The molecule has 0 amide bonds. The third-order valence-corrected chi connectivity index (χ3v) is 6.17. The maximum absolute atomic E-state index is 12.5. The van der Waals surface area contributed by atoms with Gasteiger partial charge in [0.15, 0.2) is 0 Å². The SMILES string of the molecule is C=C(C)N1CC[C@@H](F)C1.[B]C(C)(C)Cc1nc(N)nn2ccc(-c3ccc4c(C)ccnc4c3)c12. The maximum atomic E-state index is 12.5. The molecule has 35 heavy (non-hydrogen) atoms. The molecule has 1 atom stereocenters. The summed E-state index contributed by atoms with van der Waals surface area (Å²) in [5.74, 6) is 0.245. The van der Waals surface area contributed by atoms with Crippen molar-refractivity contribution in [3.05, 3.63) is 66.3 Å². The molecule has 8 heteroatoms. The Morgan fingerprint density at radius 1 is 1.29 bits per heavy atom. The Morgan fingerprint density at radius 3 is 2.69 bits per heavy atom. The van der Waals surface area contributed by atoms with E-state index in [2.05, 4.69) is 46.8 Å². The van der Waals surface area contributed by atoms with Crippen molar-refractivity contribution in [2.45, 2.75) is 52.0 Å². The van der Waals surface area contributed by atoms with Crippen LogP contribution in [0.15, 0.2) is 55.0 Å². The molecule has 4 aromatic rings. The van der Waals surface area contributed by atoms with Gasteiger partial charge in [0.05, 0.1) is 24.6 Å². The van der Waals surface area contributed by atoms with Crippen LogP contribution in [0.25, 0.3) is 27.5 Å². The molecule has 4 heterocycles. The fourth-order valence-electron chi connectivity index (χ4n) is 4.43. The van der Waals surface area contributed by atoms with Gasteiger partial charge in [-0.1, -0.05) is 37.9 Å². The van der Waals surface area contributed by atoms with Crippen molar-refractivity contribution in [2.24, 2.45) is 0 Å². The number of rotatable bonds is 4. The van der Waals surface area contributed by atoms with Crippen LogP contribution in [0.4, 0.5) is 10.3 Å². The van der Waals surface area contributed by atoms with Crippen LogP contribution in [0, 0.1) is 6.92 Å². The number of aryl methyl sites for hydroxylation is 1. The molecule has 0 saturated carbocycles. The number of halogens is 1. The van der Waals surface area contributed by atoms with Crippen LogP contribution in [-0.4, -0.2) is 51.6 Å². The third-order valence-electron chi connectivity index (χ3n) is 6.17. The molecule has 0 aliphatic carbocycles. The molecular formula is C27H32BFN6. The highest BCUT2D eigenvalue weighted by molar-refractivity contribution is 6.14. The number of fused-ring (bicyclic) bond motifs is 2. The van der Waals surface area contributed by atoms with Crippen molar-refractivity contribution < 1.29 is 4.39 Å². The summed E-state index contributed by atoms with van der Waals surface area (Å²) in [6, 6.07) is 10.4. The zero-order valence-corrected chi connectivity index (χ0v) is 20.9. The standard InChI is InChI=1S/C20H20BN5.C7H12FN/c1-12-6-8-23-16-10-13(4-5-14(12)16)15-7-9-26-18(15)17(11-20(2,3)21)24-19(22)25-26;1-6(2)9-4-3-7(8)5-9/h4-10H,11H2,1-3H3,(H2,22,25);7H,1,3-5H2,2H3/t;7-/m.1/s1. The molecule has 0 spiro atoms. The van der Waals surface area contributed by atoms with Gasteiger partial charge >= 0.3 is 0 Å². The summed E-state index contributed by atoms with van der Waals surface area (Å²) in [6.07, 6.45) is 4.40. The first kappa shape index (κ1) is 24.7. The van der Waals surface area contributed by atoms with E-state index in [1.165, 1.54) is 5.56 Å². The molecule has 2 radical (unpaired) electrons. The van der Waals surface area contributed by atoms with E-state index in [-0.39, 0.29) is 5.95 Å². The number of hydrogen-bond donors (Lipinski definition) is 1. The van der Waals surface area contributed by atoms with Crippen molar-refractivity contribution in [3.8, 4) is 11.1 Å². The van der Waals surface area contributed by atoms with Gasteiger partial charge < -0.3 is 10.6 Å². The molecular weight excluding hydrogens is 438 g/mol. The van der Waals surface area contributed by atoms with E-state index in [0.717, 1.165) is 45.5 Å². The van der Waals surface area contributed by atoms with Crippen molar-refractivity contribution in [1.82, 2.24) is 24.5 Å². The highest BCUT2D eigenvalue weighted by Crippen LogP contribution is 2.33. The molecule has 1 aromatic carbocycles. The number of aromatic nitrogens is 4.